The lowest BCUT2D eigenvalue weighted by Crippen LogP contribution is -2.30. The average molecular weight is 815 g/mol. The molecular formula is C53H82O6. The first-order chi connectivity index (χ1) is 29.0. The molecule has 6 nitrogen and oxygen atoms in total. The summed E-state index contributed by atoms with van der Waals surface area (Å²) < 4.78 is 16.6. The van der Waals surface area contributed by atoms with Gasteiger partial charge in [-0.15, -0.1) is 0 Å². The Morgan fingerprint density at radius 1 is 0.373 bits per heavy atom. The Bertz CT molecular complexity index is 1300. The van der Waals surface area contributed by atoms with Crippen LogP contribution in [0.2, 0.25) is 0 Å². The number of carbonyl (C=O) groups excluding carboxylic acids is 3. The summed E-state index contributed by atoms with van der Waals surface area (Å²) in [7, 11) is 0. The maximum absolute atomic E-state index is 12.7. The summed E-state index contributed by atoms with van der Waals surface area (Å²) >= 11 is 0. The highest BCUT2D eigenvalue weighted by Gasteiger charge is 2.19. The molecule has 0 aliphatic rings. The second kappa shape index (κ2) is 46.5. The molecule has 0 N–H and O–H groups in total. The third kappa shape index (κ3) is 44.8. The summed E-state index contributed by atoms with van der Waals surface area (Å²) in [5.41, 5.74) is 0. The van der Waals surface area contributed by atoms with Crippen molar-refractivity contribution in [2.24, 2.45) is 0 Å². The van der Waals surface area contributed by atoms with Gasteiger partial charge in [0.2, 0.25) is 0 Å². The predicted octanol–water partition coefficient (Wildman–Crippen LogP) is 15.0. The van der Waals surface area contributed by atoms with Crippen LogP contribution in [0.1, 0.15) is 175 Å². The second-order valence-electron chi connectivity index (χ2n) is 14.7. The molecule has 0 rings (SSSR count). The van der Waals surface area contributed by atoms with Gasteiger partial charge in [-0.1, -0.05) is 206 Å². The molecule has 0 spiro atoms. The number of hydrogen-bond donors (Lipinski definition) is 0. The van der Waals surface area contributed by atoms with E-state index in [9.17, 15) is 14.4 Å². The Morgan fingerprint density at radius 2 is 0.746 bits per heavy atom. The molecule has 6 heteroatoms. The van der Waals surface area contributed by atoms with Crippen LogP contribution in [-0.4, -0.2) is 37.2 Å². The molecule has 0 saturated carbocycles. The van der Waals surface area contributed by atoms with Crippen LogP contribution in [0.4, 0.5) is 0 Å². The van der Waals surface area contributed by atoms with Crippen LogP contribution in [-0.2, 0) is 28.6 Å². The van der Waals surface area contributed by atoms with Gasteiger partial charge in [0.25, 0.3) is 0 Å². The largest absolute Gasteiger partial charge is 0.462 e. The Hall–Kier alpha value is -4.19. The molecule has 0 heterocycles. The number of esters is 3. The van der Waals surface area contributed by atoms with Crippen LogP contribution in [0.5, 0.6) is 0 Å². The molecule has 1 atom stereocenters. The van der Waals surface area contributed by atoms with E-state index < -0.39 is 12.1 Å². The molecule has 0 aromatic carbocycles. The molecule has 59 heavy (non-hydrogen) atoms. The number of unbranched alkanes of at least 4 members (excludes halogenated alkanes) is 12. The van der Waals surface area contributed by atoms with Crippen LogP contribution in [0.15, 0.2) is 122 Å². The molecule has 0 radical (unpaired) electrons. The molecule has 0 aliphatic carbocycles. The fourth-order valence-electron chi connectivity index (χ4n) is 5.68. The molecule has 0 aliphatic heterocycles. The maximum Gasteiger partial charge on any atom is 0.306 e. The summed E-state index contributed by atoms with van der Waals surface area (Å²) in [6, 6.07) is 0. The van der Waals surface area contributed by atoms with Crippen molar-refractivity contribution in [1.82, 2.24) is 0 Å². The maximum atomic E-state index is 12.7. The summed E-state index contributed by atoms with van der Waals surface area (Å²) in [4.78, 5) is 37.7. The van der Waals surface area contributed by atoms with Gasteiger partial charge in [-0.2, -0.15) is 0 Å². The van der Waals surface area contributed by atoms with Gasteiger partial charge < -0.3 is 14.2 Å². The Kier molecular flexibility index (Phi) is 43.2. The van der Waals surface area contributed by atoms with Crippen LogP contribution >= 0.6 is 0 Å². The zero-order chi connectivity index (χ0) is 43.0. The fourth-order valence-corrected chi connectivity index (χ4v) is 5.68. The van der Waals surface area contributed by atoms with Gasteiger partial charge in [0.05, 0.1) is 0 Å². The Labute approximate surface area is 361 Å². The van der Waals surface area contributed by atoms with Gasteiger partial charge in [0.1, 0.15) is 13.2 Å². The van der Waals surface area contributed by atoms with Gasteiger partial charge >= 0.3 is 17.9 Å². The van der Waals surface area contributed by atoms with E-state index >= 15 is 0 Å². The fraction of sp³-hybridized carbons (Fsp3) is 0.566. The summed E-state index contributed by atoms with van der Waals surface area (Å²) in [6.07, 6.45) is 63.4. The number of allylic oxidation sites excluding steroid dienone is 20. The first-order valence-electron chi connectivity index (χ1n) is 23.1. The van der Waals surface area contributed by atoms with Gasteiger partial charge in [-0.25, -0.2) is 0 Å². The number of hydrogen-bond acceptors (Lipinski definition) is 6. The molecule has 0 amide bonds. The van der Waals surface area contributed by atoms with E-state index in [1.54, 1.807) is 0 Å². The highest BCUT2D eigenvalue weighted by molar-refractivity contribution is 5.71. The quantitative estimate of drug-likeness (QED) is 0.0202. The number of rotatable bonds is 39. The lowest BCUT2D eigenvalue weighted by Gasteiger charge is -2.18. The van der Waals surface area contributed by atoms with Gasteiger partial charge in [-0.3, -0.25) is 14.4 Å². The predicted molar refractivity (Wildman–Crippen MR) is 251 cm³/mol. The minimum absolute atomic E-state index is 0.127. The van der Waals surface area contributed by atoms with Crippen molar-refractivity contribution in [3.63, 3.8) is 0 Å². The lowest BCUT2D eigenvalue weighted by molar-refractivity contribution is -0.167. The molecule has 0 fully saturated rings. The van der Waals surface area contributed by atoms with Crippen LogP contribution in [0.3, 0.4) is 0 Å². The lowest BCUT2D eigenvalue weighted by atomic mass is 10.1. The zero-order valence-electron chi connectivity index (χ0n) is 37.5. The summed E-state index contributed by atoms with van der Waals surface area (Å²) in [6.45, 7) is 6.22. The Morgan fingerprint density at radius 3 is 1.24 bits per heavy atom. The van der Waals surface area contributed by atoms with Crippen molar-refractivity contribution in [3.8, 4) is 0 Å². The highest BCUT2D eigenvalue weighted by Crippen LogP contribution is 2.13. The number of carbonyl (C=O) groups is 3. The standard InChI is InChI=1S/C53H82O6/c1-4-7-10-13-16-19-22-24-25-26-27-29-31-34-37-40-43-46-52(55)58-49-50(48-57-51(54)45-42-39-36-33-30-21-18-15-12-9-6-3)59-53(56)47-44-41-38-35-32-28-23-20-17-14-11-8-5-2/h7-8,10-11,14,16-17,19-20,23-25,27-29,32,34-35,37-38,50H,4-6,9,12-13,15,18,21-22,26,30-31,33,36,39-49H2,1-3H3/b10-7-,11-8-,17-14-,19-16-,23-20-,25-24-,29-27-,32-28-,37-34-,38-35-. The zero-order valence-corrected chi connectivity index (χ0v) is 37.5. The highest BCUT2D eigenvalue weighted by atomic mass is 16.6. The van der Waals surface area contributed by atoms with Gasteiger partial charge in [0, 0.05) is 19.3 Å². The van der Waals surface area contributed by atoms with Crippen molar-refractivity contribution in [1.29, 1.82) is 0 Å². The first kappa shape index (κ1) is 54.8. The van der Waals surface area contributed by atoms with Gasteiger partial charge in [0.15, 0.2) is 6.10 Å². The van der Waals surface area contributed by atoms with Crippen LogP contribution < -0.4 is 0 Å². The molecular weight excluding hydrogens is 733 g/mol. The summed E-state index contributed by atoms with van der Waals surface area (Å²) in [5.74, 6) is -1.08. The van der Waals surface area contributed by atoms with E-state index in [0.29, 0.717) is 19.3 Å². The number of ether oxygens (including phenoxy) is 3. The SMILES string of the molecule is CC\C=C/C=C\C=C/C=C\C=C/CCCC(=O)OC(COC(=O)CCC/C=C\C/C=C\C/C=C\C/C=C\C/C=C\CC)COC(=O)CCCCCCCCCCCCC. The van der Waals surface area contributed by atoms with Crippen LogP contribution in [0.25, 0.3) is 0 Å². The summed E-state index contributed by atoms with van der Waals surface area (Å²) in [5, 5.41) is 0. The van der Waals surface area contributed by atoms with Crippen molar-refractivity contribution < 1.29 is 28.6 Å². The van der Waals surface area contributed by atoms with Gasteiger partial charge in [-0.05, 0) is 70.6 Å². The van der Waals surface area contributed by atoms with E-state index in [1.165, 1.54) is 51.4 Å². The second-order valence-corrected chi connectivity index (χ2v) is 14.7. The molecule has 1 unspecified atom stereocenters. The van der Waals surface area contributed by atoms with Crippen molar-refractivity contribution in [3.05, 3.63) is 122 Å². The first-order valence-corrected chi connectivity index (χ1v) is 23.1. The van der Waals surface area contributed by atoms with Crippen molar-refractivity contribution in [2.75, 3.05) is 13.2 Å². The minimum atomic E-state index is -0.838. The third-order valence-electron chi connectivity index (χ3n) is 9.09. The van der Waals surface area contributed by atoms with E-state index in [0.717, 1.165) is 70.6 Å². The monoisotopic (exact) mass is 815 g/mol. The van der Waals surface area contributed by atoms with E-state index in [4.69, 9.17) is 14.2 Å². The van der Waals surface area contributed by atoms with E-state index in [-0.39, 0.29) is 38.0 Å². The van der Waals surface area contributed by atoms with Crippen LogP contribution in [0, 0.1) is 0 Å². The Balaban J connectivity index is 4.60. The molecule has 0 aromatic heterocycles. The topological polar surface area (TPSA) is 78.9 Å². The third-order valence-corrected chi connectivity index (χ3v) is 9.09. The normalized spacial score (nSPS) is 13.2. The smallest absolute Gasteiger partial charge is 0.306 e. The van der Waals surface area contributed by atoms with Crippen molar-refractivity contribution in [2.45, 2.75) is 181 Å². The average Bonchev–Trinajstić information content (AvgIpc) is 3.23. The van der Waals surface area contributed by atoms with Crippen molar-refractivity contribution >= 4 is 17.9 Å². The molecule has 0 aromatic rings. The minimum Gasteiger partial charge on any atom is -0.462 e. The van der Waals surface area contributed by atoms with E-state index in [2.05, 4.69) is 87.6 Å². The molecule has 0 saturated heterocycles. The molecule has 0 bridgehead atoms. The molecule has 330 valence electrons. The van der Waals surface area contributed by atoms with E-state index in [1.807, 2.05) is 54.7 Å².